The van der Waals surface area contributed by atoms with Gasteiger partial charge in [0.25, 0.3) is 0 Å². The molecule has 0 bridgehead atoms. The second kappa shape index (κ2) is 12.1. The summed E-state index contributed by atoms with van der Waals surface area (Å²) in [6, 6.07) is 49.2. The third kappa shape index (κ3) is 4.66. The first-order chi connectivity index (χ1) is 27.8. The van der Waals surface area contributed by atoms with E-state index in [0.29, 0.717) is 33.1 Å². The van der Waals surface area contributed by atoms with Crippen LogP contribution in [0.4, 0.5) is 34.1 Å². The number of para-hydroxylation sites is 8. The van der Waals surface area contributed by atoms with Crippen LogP contribution in [0, 0.1) is 0 Å². The highest BCUT2D eigenvalue weighted by Gasteiger charge is 2.28. The van der Waals surface area contributed by atoms with E-state index in [4.69, 9.17) is 19.4 Å². The zero-order valence-corrected chi connectivity index (χ0v) is 30.7. The van der Waals surface area contributed by atoms with E-state index in [9.17, 15) is 0 Å². The van der Waals surface area contributed by atoms with Crippen LogP contribution < -0.4 is 19.3 Å². The summed E-state index contributed by atoms with van der Waals surface area (Å²) in [6.07, 6.45) is 0. The predicted octanol–water partition coefficient (Wildman–Crippen LogP) is 12.1. The van der Waals surface area contributed by atoms with Crippen molar-refractivity contribution in [2.24, 2.45) is 0 Å². The van der Waals surface area contributed by atoms with Crippen LogP contribution in [0.1, 0.15) is 0 Å². The first-order valence-corrected chi connectivity index (χ1v) is 19.3. The molecule has 5 heterocycles. The van der Waals surface area contributed by atoms with E-state index in [0.717, 1.165) is 103 Å². The molecule has 10 aromatic rings. The van der Waals surface area contributed by atoms with Gasteiger partial charge in [0.05, 0.1) is 57.6 Å². The minimum atomic E-state index is 0.644. The Morgan fingerprint density at radius 1 is 0.339 bits per heavy atom. The minimum Gasteiger partial charge on any atom is -0.453 e. The van der Waals surface area contributed by atoms with Crippen molar-refractivity contribution in [1.82, 2.24) is 27.5 Å². The van der Waals surface area contributed by atoms with Crippen LogP contribution in [-0.2, 0) is 0 Å². The molecule has 0 radical (unpaired) electrons. The summed E-state index contributed by atoms with van der Waals surface area (Å²) in [5.41, 5.74) is 13.1. The maximum atomic E-state index is 6.27. The minimum absolute atomic E-state index is 0.644. The molecule has 0 atom stereocenters. The van der Waals surface area contributed by atoms with Gasteiger partial charge in [0, 0.05) is 22.5 Å². The summed E-state index contributed by atoms with van der Waals surface area (Å²) in [7, 11) is 0. The molecule has 56 heavy (non-hydrogen) atoms. The summed E-state index contributed by atoms with van der Waals surface area (Å²) < 4.78 is 31.0. The van der Waals surface area contributed by atoms with Crippen LogP contribution >= 0.6 is 23.5 Å². The molecule has 264 valence electrons. The van der Waals surface area contributed by atoms with Crippen molar-refractivity contribution in [3.8, 4) is 45.5 Å². The molecule has 3 aromatic heterocycles. The van der Waals surface area contributed by atoms with E-state index in [1.807, 2.05) is 72.8 Å². The maximum Gasteiger partial charge on any atom is 0.151 e. The van der Waals surface area contributed by atoms with Crippen molar-refractivity contribution < 1.29 is 9.47 Å². The number of hydrogen-bond donors (Lipinski definition) is 0. The van der Waals surface area contributed by atoms with Gasteiger partial charge in [0.15, 0.2) is 23.0 Å². The molecular weight excluding hydrogens is 737 g/mol. The van der Waals surface area contributed by atoms with Gasteiger partial charge in [-0.05, 0) is 72.8 Å². The lowest BCUT2D eigenvalue weighted by Crippen LogP contribution is -2.15. The average molecular weight is 761 g/mol. The Balaban J connectivity index is 1.02. The Morgan fingerprint density at radius 2 is 0.643 bits per heavy atom. The summed E-state index contributed by atoms with van der Waals surface area (Å²) in [5, 5.41) is 0. The lowest BCUT2D eigenvalue weighted by atomic mass is 10.0. The van der Waals surface area contributed by atoms with Gasteiger partial charge in [-0.2, -0.15) is 17.5 Å². The van der Waals surface area contributed by atoms with Crippen molar-refractivity contribution >= 4 is 90.7 Å². The standard InChI is InChI=1S/C44H24N8O2S2/c1-5-13-33-29(9-1)51(30-10-2-6-14-34(30)53-33)27-21-17-25(18-22-27)37-38(46-40-39(45-37)41-43(49-55-47-41)44-42(40)48-56-50-44)26-19-23-28(24-20-26)52-31-11-3-7-15-35(31)54-36-16-8-4-12-32(36)52/h1-24H. The lowest BCUT2D eigenvalue weighted by molar-refractivity contribution is 0.477. The molecule has 0 fully saturated rings. The SMILES string of the molecule is c1ccc2c(c1)Oc1ccccc1N2c1ccc(-c2nc3c4nsnc4c4nsnc4c3nc2-c2ccc(N3c4ccccc4Oc4ccccc43)cc2)cc1. The summed E-state index contributed by atoms with van der Waals surface area (Å²) in [5.74, 6) is 3.20. The molecule has 0 spiro atoms. The number of aromatic nitrogens is 6. The van der Waals surface area contributed by atoms with Gasteiger partial charge in [0.2, 0.25) is 0 Å². The molecule has 0 saturated carbocycles. The van der Waals surface area contributed by atoms with Crippen LogP contribution in [0.2, 0.25) is 0 Å². The van der Waals surface area contributed by atoms with Crippen molar-refractivity contribution in [3.05, 3.63) is 146 Å². The third-order valence-electron chi connectivity index (χ3n) is 10.2. The number of fused-ring (bicyclic) bond motifs is 10. The zero-order valence-electron chi connectivity index (χ0n) is 29.1. The van der Waals surface area contributed by atoms with Gasteiger partial charge in [0.1, 0.15) is 33.1 Å². The van der Waals surface area contributed by atoms with Gasteiger partial charge in [-0.15, -0.1) is 0 Å². The number of hydrogen-bond acceptors (Lipinski definition) is 12. The largest absolute Gasteiger partial charge is 0.453 e. The zero-order chi connectivity index (χ0) is 36.7. The first-order valence-electron chi connectivity index (χ1n) is 17.9. The molecule has 0 saturated heterocycles. The molecule has 10 nitrogen and oxygen atoms in total. The highest BCUT2D eigenvalue weighted by molar-refractivity contribution is 7.01. The van der Waals surface area contributed by atoms with Crippen molar-refractivity contribution in [3.63, 3.8) is 0 Å². The fraction of sp³-hybridized carbons (Fsp3) is 0. The van der Waals surface area contributed by atoms with E-state index >= 15 is 0 Å². The van der Waals surface area contributed by atoms with Gasteiger partial charge in [-0.3, -0.25) is 0 Å². The molecule has 7 aromatic carbocycles. The van der Waals surface area contributed by atoms with E-state index in [-0.39, 0.29) is 0 Å². The Morgan fingerprint density at radius 3 is 0.982 bits per heavy atom. The molecular formula is C44H24N8O2S2. The number of rotatable bonds is 4. The Hall–Kier alpha value is -7.28. The Labute approximate surface area is 327 Å². The second-order valence-corrected chi connectivity index (χ2v) is 14.4. The molecule has 12 rings (SSSR count). The van der Waals surface area contributed by atoms with Crippen molar-refractivity contribution in [1.29, 1.82) is 0 Å². The summed E-state index contributed by atoms with van der Waals surface area (Å²) in [4.78, 5) is 15.2. The van der Waals surface area contributed by atoms with Gasteiger partial charge in [-0.1, -0.05) is 72.8 Å². The number of anilines is 6. The highest BCUT2D eigenvalue weighted by Crippen LogP contribution is 2.52. The summed E-state index contributed by atoms with van der Waals surface area (Å²) in [6.45, 7) is 0. The molecule has 0 unspecified atom stereocenters. The molecule has 0 amide bonds. The molecule has 2 aliphatic rings. The number of benzene rings is 7. The second-order valence-electron chi connectivity index (χ2n) is 13.4. The quantitative estimate of drug-likeness (QED) is 0.172. The van der Waals surface area contributed by atoms with Gasteiger partial charge in [-0.25, -0.2) is 9.97 Å². The molecule has 2 aliphatic heterocycles. The maximum absolute atomic E-state index is 6.27. The topological polar surface area (TPSA) is 102 Å². The van der Waals surface area contributed by atoms with E-state index < -0.39 is 0 Å². The van der Waals surface area contributed by atoms with Crippen LogP contribution in [0.25, 0.3) is 55.6 Å². The van der Waals surface area contributed by atoms with Crippen LogP contribution in [0.15, 0.2) is 146 Å². The fourth-order valence-electron chi connectivity index (χ4n) is 7.67. The third-order valence-corrected chi connectivity index (χ3v) is 11.3. The van der Waals surface area contributed by atoms with E-state index in [1.54, 1.807) is 0 Å². The van der Waals surface area contributed by atoms with E-state index in [2.05, 4.69) is 100 Å². The molecule has 0 N–H and O–H groups in total. The van der Waals surface area contributed by atoms with Crippen LogP contribution in [-0.4, -0.2) is 27.5 Å². The highest BCUT2D eigenvalue weighted by atomic mass is 32.1. The first kappa shape index (κ1) is 31.1. The normalized spacial score (nSPS) is 12.9. The Bertz CT molecular complexity index is 2880. The van der Waals surface area contributed by atoms with Crippen molar-refractivity contribution in [2.45, 2.75) is 0 Å². The smallest absolute Gasteiger partial charge is 0.151 e. The van der Waals surface area contributed by atoms with Crippen molar-refractivity contribution in [2.75, 3.05) is 9.80 Å². The van der Waals surface area contributed by atoms with Crippen LogP contribution in [0.3, 0.4) is 0 Å². The fourth-order valence-corrected chi connectivity index (χ4v) is 8.77. The van der Waals surface area contributed by atoms with Gasteiger partial charge >= 0.3 is 0 Å². The Kier molecular flexibility index (Phi) is 6.73. The molecule has 0 aliphatic carbocycles. The number of nitrogens with zero attached hydrogens (tertiary/aromatic N) is 8. The lowest BCUT2D eigenvalue weighted by Gasteiger charge is -2.32. The van der Waals surface area contributed by atoms with Gasteiger partial charge < -0.3 is 19.3 Å². The predicted molar refractivity (Wildman–Crippen MR) is 222 cm³/mol. The monoisotopic (exact) mass is 760 g/mol. The summed E-state index contributed by atoms with van der Waals surface area (Å²) >= 11 is 2.28. The van der Waals surface area contributed by atoms with Crippen LogP contribution in [0.5, 0.6) is 23.0 Å². The van der Waals surface area contributed by atoms with E-state index in [1.165, 1.54) is 0 Å². The average Bonchev–Trinajstić information content (AvgIpc) is 3.96. The number of ether oxygens (including phenoxy) is 2. The molecule has 12 heteroatoms.